The summed E-state index contributed by atoms with van der Waals surface area (Å²) in [5, 5.41) is 37.3. The first kappa shape index (κ1) is 40.8. The minimum absolute atomic E-state index is 0.0518. The van der Waals surface area contributed by atoms with Crippen LogP contribution in [0.1, 0.15) is 65.4 Å². The number of imide groups is 3. The number of benzene rings is 4. The Morgan fingerprint density at radius 2 is 1.50 bits per heavy atom. The number of nitrogens with zero attached hydrogens (tertiary/aromatic N) is 1. The fourth-order valence-corrected chi connectivity index (χ4v) is 13.6. The normalized spacial score (nSPS) is 19.7. The molecule has 0 radical (unpaired) electrons. The summed E-state index contributed by atoms with van der Waals surface area (Å²) in [4.78, 5) is 40.9. The van der Waals surface area contributed by atoms with Crippen molar-refractivity contribution in [1.29, 1.82) is 0 Å². The first-order valence-electron chi connectivity index (χ1n) is 19.5. The van der Waals surface area contributed by atoms with E-state index in [-0.39, 0.29) is 30.2 Å². The highest BCUT2D eigenvalue weighted by atomic mass is 28.4. The third-order valence-electron chi connectivity index (χ3n) is 11.6. The molecule has 0 unspecified atom stereocenters. The topological polar surface area (TPSA) is 134 Å². The van der Waals surface area contributed by atoms with Crippen molar-refractivity contribution < 1.29 is 38.9 Å². The van der Waals surface area contributed by atoms with Gasteiger partial charge < -0.3 is 24.5 Å². The van der Waals surface area contributed by atoms with Crippen molar-refractivity contribution in [2.75, 3.05) is 20.3 Å². The molecule has 1 saturated heterocycles. The molecule has 3 amide bonds. The molecular weight excluding hydrogens is 723 g/mol. The van der Waals surface area contributed by atoms with Crippen LogP contribution in [0.15, 0.2) is 114 Å². The number of ether oxygens (including phenoxy) is 1. The summed E-state index contributed by atoms with van der Waals surface area (Å²) in [7, 11) is -1.97. The van der Waals surface area contributed by atoms with E-state index in [0.717, 1.165) is 52.2 Å². The zero-order valence-corrected chi connectivity index (χ0v) is 33.9. The predicted octanol–water partition coefficient (Wildman–Crippen LogP) is 7.12. The summed E-state index contributed by atoms with van der Waals surface area (Å²) in [6.07, 6.45) is 2.52. The second kappa shape index (κ2) is 17.1. The molecule has 0 bridgehead atoms. The van der Waals surface area contributed by atoms with Crippen LogP contribution in [-0.2, 0) is 18.8 Å². The summed E-state index contributed by atoms with van der Waals surface area (Å²) >= 11 is 0. The average molecular weight is 776 g/mol. The van der Waals surface area contributed by atoms with Gasteiger partial charge in [0, 0.05) is 11.3 Å². The highest BCUT2D eigenvalue weighted by Gasteiger charge is 2.58. The zero-order chi connectivity index (χ0) is 40.2. The van der Waals surface area contributed by atoms with Crippen molar-refractivity contribution >= 4 is 53.4 Å². The molecular formula is C46H53NO8Si. The molecule has 10 heteroatoms. The lowest BCUT2D eigenvalue weighted by Crippen LogP contribution is -2.66. The van der Waals surface area contributed by atoms with E-state index < -0.39 is 56.7 Å². The summed E-state index contributed by atoms with van der Waals surface area (Å²) in [6.45, 7) is 8.15. The largest absolute Gasteiger partial charge is 0.507 e. The number of allylic oxidation sites excluding steroid dienone is 1. The molecule has 1 heterocycles. The number of aliphatic hydroxyl groups excluding tert-OH is 2. The molecule has 1 aliphatic heterocycles. The summed E-state index contributed by atoms with van der Waals surface area (Å²) < 4.78 is 12.2. The minimum atomic E-state index is -3.09. The molecule has 6 rings (SSSR count). The zero-order valence-electron chi connectivity index (χ0n) is 32.9. The number of hydrogen-bond donors (Lipinski definition) is 3. The van der Waals surface area contributed by atoms with Gasteiger partial charge in [-0.25, -0.2) is 4.79 Å². The van der Waals surface area contributed by atoms with Crippen LogP contribution >= 0.6 is 0 Å². The average Bonchev–Trinajstić information content (AvgIpc) is 3.45. The monoisotopic (exact) mass is 775 g/mol. The van der Waals surface area contributed by atoms with E-state index in [4.69, 9.17) is 9.16 Å². The molecule has 56 heavy (non-hydrogen) atoms. The quantitative estimate of drug-likeness (QED) is 0.0743. The lowest BCUT2D eigenvalue weighted by Gasteiger charge is -2.44. The molecule has 0 saturated carbocycles. The van der Waals surface area contributed by atoms with E-state index in [1.807, 2.05) is 66.7 Å². The third-order valence-corrected chi connectivity index (χ3v) is 16.6. The van der Waals surface area contributed by atoms with Crippen LogP contribution in [0.5, 0.6) is 5.75 Å². The minimum Gasteiger partial charge on any atom is -0.507 e. The molecule has 1 aliphatic carbocycles. The Balaban J connectivity index is 1.42. The number of aromatic hydroxyl groups is 1. The van der Waals surface area contributed by atoms with Gasteiger partial charge in [0.1, 0.15) is 5.75 Å². The number of fused-ring (bicyclic) bond motifs is 2. The number of phenolic OH excluding ortho intramolecular Hbond substituents is 1. The van der Waals surface area contributed by atoms with Crippen molar-refractivity contribution in [3.05, 3.63) is 119 Å². The van der Waals surface area contributed by atoms with Gasteiger partial charge in [-0.1, -0.05) is 137 Å². The van der Waals surface area contributed by atoms with E-state index in [1.54, 1.807) is 6.07 Å². The van der Waals surface area contributed by atoms with Gasteiger partial charge in [-0.05, 0) is 69.3 Å². The molecule has 4 aromatic carbocycles. The van der Waals surface area contributed by atoms with Crippen molar-refractivity contribution in [2.24, 2.45) is 17.8 Å². The SMILES string of the molecule is CCC/C(=C\c1ccc(O)c2ccccc12)CC[C@@H](O)C1=C(CO[Si](c2ccccc2)(c2ccccc2)C(C)(C)C)C[C@H]2C(=O)N(C(=O)OC)C(=O)[C@H]2[C@H]1CO. The number of likely N-dealkylation sites (tertiary alicyclic amines) is 1. The second-order valence-corrected chi connectivity index (χ2v) is 20.3. The summed E-state index contributed by atoms with van der Waals surface area (Å²) in [5.74, 6) is -4.08. The van der Waals surface area contributed by atoms with Crippen molar-refractivity contribution in [1.82, 2.24) is 4.90 Å². The smallest absolute Gasteiger partial charge is 0.423 e. The molecule has 3 N–H and O–H groups in total. The van der Waals surface area contributed by atoms with Gasteiger partial charge in [0.05, 0.1) is 38.3 Å². The van der Waals surface area contributed by atoms with Crippen LogP contribution in [0.25, 0.3) is 16.8 Å². The maximum Gasteiger partial charge on any atom is 0.423 e. The Bertz CT molecular complexity index is 2080. The number of amides is 3. The number of phenols is 1. The van der Waals surface area contributed by atoms with Gasteiger partial charge in [-0.15, -0.1) is 0 Å². The maximum atomic E-state index is 13.8. The lowest BCUT2D eigenvalue weighted by molar-refractivity contribution is -0.137. The van der Waals surface area contributed by atoms with Gasteiger partial charge in [0.25, 0.3) is 8.32 Å². The van der Waals surface area contributed by atoms with E-state index in [1.165, 1.54) is 0 Å². The number of carbonyl (C=O) groups excluding carboxylic acids is 3. The van der Waals surface area contributed by atoms with Gasteiger partial charge in [0.2, 0.25) is 11.8 Å². The molecule has 9 nitrogen and oxygen atoms in total. The lowest BCUT2D eigenvalue weighted by atomic mass is 9.68. The number of carbonyl (C=O) groups is 3. The fourth-order valence-electron chi connectivity index (χ4n) is 9.04. The molecule has 2 aliphatic rings. The Labute approximate surface area is 330 Å². The maximum absolute atomic E-state index is 13.8. The fraction of sp³-hybridized carbons (Fsp3) is 0.370. The van der Waals surface area contributed by atoms with Crippen LogP contribution in [0.3, 0.4) is 0 Å². The standard InChI is InChI=1S/C46H53NO8Si/c1-6-15-30(26-31-23-25-39(49)36-21-14-13-20-35(31)36)22-24-40(50)41-32(27-37-42(38(41)28-48)44(52)47(43(37)51)45(53)54-5)29-55-56(46(2,3)4,33-16-9-7-10-17-33)34-18-11-8-12-19-34/h7-14,16-21,23,25-26,37-38,40,42,48-50H,6,15,22,24,27-29H2,1-5H3/b30-26+/t37-,38+,40-,42-/m1/s1. The van der Waals surface area contributed by atoms with E-state index in [2.05, 4.69) is 58.0 Å². The number of hydrogen-bond acceptors (Lipinski definition) is 8. The Morgan fingerprint density at radius 3 is 2.07 bits per heavy atom. The van der Waals surface area contributed by atoms with Gasteiger partial charge >= 0.3 is 6.09 Å². The molecule has 4 aromatic rings. The summed E-state index contributed by atoms with van der Waals surface area (Å²) in [6, 6.07) is 31.6. The van der Waals surface area contributed by atoms with Crippen LogP contribution in [-0.4, -0.2) is 72.9 Å². The van der Waals surface area contributed by atoms with Gasteiger partial charge in [-0.3, -0.25) is 9.59 Å². The number of rotatable bonds is 13. The van der Waals surface area contributed by atoms with Crippen LogP contribution < -0.4 is 10.4 Å². The first-order chi connectivity index (χ1) is 26.9. The third kappa shape index (κ3) is 7.63. The Kier molecular flexibility index (Phi) is 12.4. The molecule has 4 atom stereocenters. The van der Waals surface area contributed by atoms with Gasteiger partial charge in [0.15, 0.2) is 0 Å². The van der Waals surface area contributed by atoms with Crippen LogP contribution in [0, 0.1) is 17.8 Å². The van der Waals surface area contributed by atoms with E-state index >= 15 is 0 Å². The molecule has 0 aromatic heterocycles. The summed E-state index contributed by atoms with van der Waals surface area (Å²) in [5.41, 5.74) is 3.21. The highest BCUT2D eigenvalue weighted by Crippen LogP contribution is 2.47. The number of methoxy groups -OCH3 is 1. The van der Waals surface area contributed by atoms with Gasteiger partial charge in [-0.2, -0.15) is 4.90 Å². The van der Waals surface area contributed by atoms with E-state index in [9.17, 15) is 29.7 Å². The molecule has 294 valence electrons. The molecule has 0 spiro atoms. The number of aliphatic hydroxyl groups is 2. The van der Waals surface area contributed by atoms with Crippen LogP contribution in [0.4, 0.5) is 4.79 Å². The first-order valence-corrected chi connectivity index (χ1v) is 21.4. The Morgan fingerprint density at radius 1 is 0.893 bits per heavy atom. The Hall–Kier alpha value is -4.87. The van der Waals surface area contributed by atoms with Crippen molar-refractivity contribution in [3.8, 4) is 5.75 Å². The predicted molar refractivity (Wildman–Crippen MR) is 221 cm³/mol. The van der Waals surface area contributed by atoms with Crippen LogP contribution in [0.2, 0.25) is 5.04 Å². The van der Waals surface area contributed by atoms with Crippen molar-refractivity contribution in [3.63, 3.8) is 0 Å². The van der Waals surface area contributed by atoms with Crippen molar-refractivity contribution in [2.45, 2.75) is 70.9 Å². The molecule has 1 fully saturated rings. The highest BCUT2D eigenvalue weighted by molar-refractivity contribution is 6.99. The van der Waals surface area contributed by atoms with E-state index in [0.29, 0.717) is 22.5 Å². The second-order valence-electron chi connectivity index (χ2n) is 15.9.